The molecule has 1 aromatic carbocycles. The summed E-state index contributed by atoms with van der Waals surface area (Å²) in [5.74, 6) is 0.712. The summed E-state index contributed by atoms with van der Waals surface area (Å²) in [5.41, 5.74) is 0.471. The van der Waals surface area contributed by atoms with Crippen LogP contribution in [0.2, 0.25) is 0 Å². The minimum Gasteiger partial charge on any atom is -0.490 e. The van der Waals surface area contributed by atoms with Crippen LogP contribution in [0.5, 0.6) is 17.4 Å². The zero-order valence-electron chi connectivity index (χ0n) is 11.5. The maximum atomic E-state index is 10.9. The maximum Gasteiger partial charge on any atom is 0.314 e. The highest BCUT2D eigenvalue weighted by molar-refractivity contribution is 5.51. The third kappa shape index (κ3) is 3.46. The van der Waals surface area contributed by atoms with Gasteiger partial charge in [0.2, 0.25) is 5.88 Å². The molecule has 0 aliphatic carbocycles. The third-order valence-corrected chi connectivity index (χ3v) is 2.81. The van der Waals surface area contributed by atoms with Crippen molar-refractivity contribution in [1.82, 2.24) is 4.98 Å². The Bertz CT molecular complexity index is 640. The molecule has 1 atom stereocenters. The number of ether oxygens (including phenoxy) is 2. The van der Waals surface area contributed by atoms with Gasteiger partial charge in [-0.25, -0.2) is 4.98 Å². The monoisotopic (exact) mass is 290 g/mol. The van der Waals surface area contributed by atoms with E-state index in [1.807, 2.05) is 0 Å². The molecular formula is C14H14N2O5. The van der Waals surface area contributed by atoms with Gasteiger partial charge in [0, 0.05) is 12.3 Å². The number of benzene rings is 1. The largest absolute Gasteiger partial charge is 0.490 e. The lowest BCUT2D eigenvalue weighted by atomic mass is 10.2. The molecular weight excluding hydrogens is 276 g/mol. The molecule has 1 N–H and O–H groups in total. The number of methoxy groups -OCH3 is 1. The van der Waals surface area contributed by atoms with E-state index in [2.05, 4.69) is 4.98 Å². The molecule has 0 aliphatic rings. The molecule has 2 rings (SSSR count). The number of aliphatic hydroxyl groups excluding tert-OH is 1. The first-order chi connectivity index (χ1) is 10.0. The molecule has 7 heteroatoms. The number of nitro groups is 1. The predicted octanol–water partition coefficient (Wildman–Crippen LogP) is 2.84. The van der Waals surface area contributed by atoms with Gasteiger partial charge in [0.15, 0.2) is 5.75 Å². The zero-order chi connectivity index (χ0) is 15.4. The Morgan fingerprint density at radius 3 is 2.62 bits per heavy atom. The molecule has 0 spiro atoms. The first kappa shape index (κ1) is 14.7. The van der Waals surface area contributed by atoms with Crippen LogP contribution in [0.3, 0.4) is 0 Å². The highest BCUT2D eigenvalue weighted by Crippen LogP contribution is 2.32. The van der Waals surface area contributed by atoms with E-state index in [4.69, 9.17) is 9.47 Å². The molecule has 0 saturated heterocycles. The fraction of sp³-hybridized carbons (Fsp3) is 0.214. The van der Waals surface area contributed by atoms with E-state index in [1.165, 1.54) is 25.4 Å². The molecule has 0 unspecified atom stereocenters. The summed E-state index contributed by atoms with van der Waals surface area (Å²) in [5, 5.41) is 20.3. The highest BCUT2D eigenvalue weighted by atomic mass is 16.6. The standard InChI is InChI=1S/C14H14N2O5/c1-9(17)10-3-6-14(15-8-10)21-11-4-5-13(20-2)12(7-11)16(18)19/h3-9,17H,1-2H3/t9-/m1/s1. The molecule has 0 radical (unpaired) electrons. The smallest absolute Gasteiger partial charge is 0.314 e. The fourth-order valence-electron chi connectivity index (χ4n) is 1.70. The molecule has 0 amide bonds. The van der Waals surface area contributed by atoms with Crippen molar-refractivity contribution in [2.45, 2.75) is 13.0 Å². The average molecular weight is 290 g/mol. The Hall–Kier alpha value is -2.67. The van der Waals surface area contributed by atoms with Crippen LogP contribution in [0.25, 0.3) is 0 Å². The van der Waals surface area contributed by atoms with E-state index in [1.54, 1.807) is 25.1 Å². The number of hydrogen-bond donors (Lipinski definition) is 1. The lowest BCUT2D eigenvalue weighted by molar-refractivity contribution is -0.385. The van der Waals surface area contributed by atoms with Gasteiger partial charge in [0.1, 0.15) is 5.75 Å². The summed E-state index contributed by atoms with van der Waals surface area (Å²) < 4.78 is 10.4. The van der Waals surface area contributed by atoms with Gasteiger partial charge in [0.25, 0.3) is 0 Å². The Morgan fingerprint density at radius 1 is 1.33 bits per heavy atom. The summed E-state index contributed by atoms with van der Waals surface area (Å²) in [7, 11) is 1.36. The fourth-order valence-corrected chi connectivity index (χ4v) is 1.70. The van der Waals surface area contributed by atoms with Crippen molar-refractivity contribution in [2.75, 3.05) is 7.11 Å². The van der Waals surface area contributed by atoms with E-state index in [-0.39, 0.29) is 23.1 Å². The molecule has 0 fully saturated rings. The SMILES string of the molecule is COc1ccc(Oc2ccc([C@@H](C)O)cn2)cc1[N+](=O)[O-]. The van der Waals surface area contributed by atoms with Crippen LogP contribution in [0.1, 0.15) is 18.6 Å². The first-order valence-corrected chi connectivity index (χ1v) is 6.15. The van der Waals surface area contributed by atoms with Gasteiger partial charge in [0.05, 0.1) is 24.2 Å². The van der Waals surface area contributed by atoms with Gasteiger partial charge in [-0.2, -0.15) is 0 Å². The third-order valence-electron chi connectivity index (χ3n) is 2.81. The van der Waals surface area contributed by atoms with Gasteiger partial charge in [-0.1, -0.05) is 0 Å². The van der Waals surface area contributed by atoms with Crippen molar-refractivity contribution in [3.8, 4) is 17.4 Å². The van der Waals surface area contributed by atoms with Crippen molar-refractivity contribution in [3.05, 3.63) is 52.2 Å². The van der Waals surface area contributed by atoms with Crippen LogP contribution >= 0.6 is 0 Å². The van der Waals surface area contributed by atoms with Crippen molar-refractivity contribution in [3.63, 3.8) is 0 Å². The van der Waals surface area contributed by atoms with Gasteiger partial charge in [-0.05, 0) is 30.7 Å². The molecule has 0 saturated carbocycles. The van der Waals surface area contributed by atoms with Crippen LogP contribution in [-0.2, 0) is 0 Å². The number of aromatic nitrogens is 1. The molecule has 2 aromatic rings. The lowest BCUT2D eigenvalue weighted by Gasteiger charge is -2.08. The normalized spacial score (nSPS) is 11.8. The van der Waals surface area contributed by atoms with Crippen LogP contribution in [0.15, 0.2) is 36.5 Å². The van der Waals surface area contributed by atoms with Gasteiger partial charge in [-0.3, -0.25) is 10.1 Å². The number of pyridine rings is 1. The summed E-state index contributed by atoms with van der Waals surface area (Å²) in [6.07, 6.45) is 0.867. The van der Waals surface area contributed by atoms with Gasteiger partial charge >= 0.3 is 5.69 Å². The predicted molar refractivity (Wildman–Crippen MR) is 74.6 cm³/mol. The second-order valence-corrected chi connectivity index (χ2v) is 4.30. The molecule has 21 heavy (non-hydrogen) atoms. The lowest BCUT2D eigenvalue weighted by Crippen LogP contribution is -1.96. The molecule has 0 bridgehead atoms. The number of aliphatic hydroxyl groups is 1. The highest BCUT2D eigenvalue weighted by Gasteiger charge is 2.16. The van der Waals surface area contributed by atoms with E-state index >= 15 is 0 Å². The Labute approximate surface area is 120 Å². The van der Waals surface area contributed by atoms with E-state index in [0.717, 1.165) is 0 Å². The number of nitrogens with zero attached hydrogens (tertiary/aromatic N) is 2. The Balaban J connectivity index is 2.23. The van der Waals surface area contributed by atoms with Crippen molar-refractivity contribution in [1.29, 1.82) is 0 Å². The van der Waals surface area contributed by atoms with Crippen molar-refractivity contribution in [2.24, 2.45) is 0 Å². The van der Waals surface area contributed by atoms with Crippen LogP contribution < -0.4 is 9.47 Å². The Kier molecular flexibility index (Phi) is 4.34. The molecule has 7 nitrogen and oxygen atoms in total. The summed E-state index contributed by atoms with van der Waals surface area (Å²) in [6, 6.07) is 7.53. The number of nitro benzene ring substituents is 1. The van der Waals surface area contributed by atoms with Crippen LogP contribution in [0.4, 0.5) is 5.69 Å². The second-order valence-electron chi connectivity index (χ2n) is 4.30. The first-order valence-electron chi connectivity index (χ1n) is 6.15. The molecule has 0 aliphatic heterocycles. The van der Waals surface area contributed by atoms with E-state index in [0.29, 0.717) is 5.56 Å². The summed E-state index contributed by atoms with van der Waals surface area (Å²) in [6.45, 7) is 1.63. The Morgan fingerprint density at radius 2 is 2.10 bits per heavy atom. The van der Waals surface area contributed by atoms with Crippen molar-refractivity contribution < 1.29 is 19.5 Å². The summed E-state index contributed by atoms with van der Waals surface area (Å²) in [4.78, 5) is 14.4. The summed E-state index contributed by atoms with van der Waals surface area (Å²) >= 11 is 0. The maximum absolute atomic E-state index is 10.9. The molecule has 1 aromatic heterocycles. The minimum atomic E-state index is -0.617. The van der Waals surface area contributed by atoms with Crippen LogP contribution in [-0.4, -0.2) is 22.1 Å². The molecule has 110 valence electrons. The van der Waals surface area contributed by atoms with E-state index in [9.17, 15) is 15.2 Å². The number of hydrogen-bond acceptors (Lipinski definition) is 6. The molecule has 1 heterocycles. The quantitative estimate of drug-likeness (QED) is 0.672. The van der Waals surface area contributed by atoms with Gasteiger partial charge in [-0.15, -0.1) is 0 Å². The number of rotatable bonds is 5. The average Bonchev–Trinajstić information content (AvgIpc) is 2.47. The van der Waals surface area contributed by atoms with Gasteiger partial charge < -0.3 is 14.6 Å². The topological polar surface area (TPSA) is 94.7 Å². The zero-order valence-corrected chi connectivity index (χ0v) is 11.5. The second kappa shape index (κ2) is 6.19. The van der Waals surface area contributed by atoms with Crippen molar-refractivity contribution >= 4 is 5.69 Å². The van der Waals surface area contributed by atoms with Crippen LogP contribution in [0, 0.1) is 10.1 Å². The van der Waals surface area contributed by atoms with E-state index < -0.39 is 11.0 Å². The minimum absolute atomic E-state index is 0.157.